The average molecular weight is 326 g/mol. The van der Waals surface area contributed by atoms with E-state index in [2.05, 4.69) is 0 Å². The summed E-state index contributed by atoms with van der Waals surface area (Å²) < 4.78 is 51.7. The van der Waals surface area contributed by atoms with Crippen LogP contribution in [-0.4, -0.2) is 72.2 Å². The number of halogens is 2. The number of rotatable bonds is 4. The lowest BCUT2D eigenvalue weighted by molar-refractivity contribution is -0.0716. The lowest BCUT2D eigenvalue weighted by Gasteiger charge is -2.36. The maximum Gasteiger partial charge on any atom is 0.250 e. The molecular formula is C13H24F2N2O3S. The van der Waals surface area contributed by atoms with Gasteiger partial charge >= 0.3 is 0 Å². The van der Waals surface area contributed by atoms with Crippen molar-refractivity contribution in [3.8, 4) is 0 Å². The zero-order chi connectivity index (χ0) is 15.9. The first-order chi connectivity index (χ1) is 9.54. The second-order valence-electron chi connectivity index (χ2n) is 6.53. The molecule has 5 nitrogen and oxygen atoms in total. The second-order valence-corrected chi connectivity index (χ2v) is 9.02. The van der Waals surface area contributed by atoms with Crippen molar-refractivity contribution in [3.05, 3.63) is 0 Å². The van der Waals surface area contributed by atoms with Gasteiger partial charge in [-0.1, -0.05) is 0 Å². The molecule has 0 aromatic rings. The first-order valence-electron chi connectivity index (χ1n) is 7.36. The van der Waals surface area contributed by atoms with Gasteiger partial charge in [-0.25, -0.2) is 17.2 Å². The lowest BCUT2D eigenvalue weighted by Crippen LogP contribution is -2.50. The standard InChI is InChI=1S/C13H24F2N2O3S/c1-11(2)21(19,20)17-8-3-12(18,10-17)9-16-6-4-13(14,15)5-7-16/h11,18H,3-10H2,1-2H3/t12-/m0/s1. The normalized spacial score (nSPS) is 31.9. The van der Waals surface area contributed by atoms with Crippen LogP contribution in [0.2, 0.25) is 0 Å². The fraction of sp³-hybridized carbons (Fsp3) is 1.00. The second kappa shape index (κ2) is 5.72. The van der Waals surface area contributed by atoms with Crippen LogP contribution in [0.5, 0.6) is 0 Å². The summed E-state index contributed by atoms with van der Waals surface area (Å²) in [5, 5.41) is 10.0. The molecule has 21 heavy (non-hydrogen) atoms. The molecule has 2 heterocycles. The highest BCUT2D eigenvalue weighted by Gasteiger charge is 2.44. The van der Waals surface area contributed by atoms with E-state index in [1.807, 2.05) is 4.90 Å². The molecule has 0 amide bonds. The van der Waals surface area contributed by atoms with Gasteiger partial charge < -0.3 is 5.11 Å². The van der Waals surface area contributed by atoms with Gasteiger partial charge in [-0.3, -0.25) is 4.90 Å². The Morgan fingerprint density at radius 1 is 1.14 bits per heavy atom. The minimum Gasteiger partial charge on any atom is -0.387 e. The summed E-state index contributed by atoms with van der Waals surface area (Å²) in [6.07, 6.45) is -0.0417. The summed E-state index contributed by atoms with van der Waals surface area (Å²) in [6.45, 7) is 4.31. The van der Waals surface area contributed by atoms with Crippen molar-refractivity contribution in [2.24, 2.45) is 0 Å². The number of nitrogens with zero attached hydrogens (tertiary/aromatic N) is 2. The van der Waals surface area contributed by atoms with Gasteiger partial charge in [0.25, 0.3) is 5.92 Å². The Bertz CT molecular complexity index is 474. The SMILES string of the molecule is CC(C)S(=O)(=O)N1CC[C@](O)(CN2CCC(F)(F)CC2)C1. The Morgan fingerprint density at radius 3 is 2.24 bits per heavy atom. The van der Waals surface area contributed by atoms with Crippen molar-refractivity contribution < 1.29 is 22.3 Å². The number of likely N-dealkylation sites (tertiary alicyclic amines) is 1. The van der Waals surface area contributed by atoms with E-state index >= 15 is 0 Å². The predicted octanol–water partition coefficient (Wildman–Crippen LogP) is 0.892. The molecule has 1 atom stereocenters. The molecule has 2 saturated heterocycles. The quantitative estimate of drug-likeness (QED) is 0.834. The highest BCUT2D eigenvalue weighted by Crippen LogP contribution is 2.31. The van der Waals surface area contributed by atoms with E-state index in [9.17, 15) is 22.3 Å². The van der Waals surface area contributed by atoms with E-state index < -0.39 is 26.8 Å². The molecule has 0 unspecified atom stereocenters. The van der Waals surface area contributed by atoms with Crippen molar-refractivity contribution in [2.45, 2.75) is 49.9 Å². The third-order valence-electron chi connectivity index (χ3n) is 4.36. The summed E-state index contributed by atoms with van der Waals surface area (Å²) >= 11 is 0. The first-order valence-corrected chi connectivity index (χ1v) is 8.86. The molecule has 0 aliphatic carbocycles. The summed E-state index contributed by atoms with van der Waals surface area (Å²) in [6, 6.07) is 0. The zero-order valence-corrected chi connectivity index (χ0v) is 13.4. The van der Waals surface area contributed by atoms with E-state index in [-0.39, 0.29) is 39.0 Å². The van der Waals surface area contributed by atoms with Crippen LogP contribution in [0, 0.1) is 0 Å². The summed E-state index contributed by atoms with van der Waals surface area (Å²) in [7, 11) is -3.37. The number of aliphatic hydroxyl groups is 1. The van der Waals surface area contributed by atoms with Gasteiger partial charge in [0.2, 0.25) is 10.0 Å². The maximum atomic E-state index is 13.1. The van der Waals surface area contributed by atoms with Gasteiger partial charge in [0.1, 0.15) is 0 Å². The van der Waals surface area contributed by atoms with Crippen LogP contribution in [0.1, 0.15) is 33.1 Å². The molecule has 0 spiro atoms. The summed E-state index contributed by atoms with van der Waals surface area (Å²) in [5.41, 5.74) is -1.13. The topological polar surface area (TPSA) is 60.9 Å². The molecule has 2 rings (SSSR count). The summed E-state index contributed by atoms with van der Waals surface area (Å²) in [4.78, 5) is 1.81. The van der Waals surface area contributed by atoms with Crippen LogP contribution in [-0.2, 0) is 10.0 Å². The average Bonchev–Trinajstić information content (AvgIpc) is 2.75. The fourth-order valence-corrected chi connectivity index (χ4v) is 4.28. The minimum absolute atomic E-state index is 0.0560. The molecule has 8 heteroatoms. The monoisotopic (exact) mass is 326 g/mol. The molecule has 0 aromatic heterocycles. The van der Waals surface area contributed by atoms with Gasteiger partial charge in [-0.2, -0.15) is 4.31 Å². The largest absolute Gasteiger partial charge is 0.387 e. The van der Waals surface area contributed by atoms with Crippen LogP contribution < -0.4 is 0 Å². The number of piperidine rings is 1. The molecule has 124 valence electrons. The van der Waals surface area contributed by atoms with Crippen LogP contribution >= 0.6 is 0 Å². The van der Waals surface area contributed by atoms with E-state index in [0.717, 1.165) is 0 Å². The fourth-order valence-electron chi connectivity index (χ4n) is 2.92. The van der Waals surface area contributed by atoms with Crippen molar-refractivity contribution in [1.82, 2.24) is 9.21 Å². The van der Waals surface area contributed by atoms with Gasteiger partial charge in [-0.05, 0) is 20.3 Å². The molecule has 2 aliphatic rings. The van der Waals surface area contributed by atoms with Crippen LogP contribution in [0.15, 0.2) is 0 Å². The van der Waals surface area contributed by atoms with Gasteiger partial charge in [0.15, 0.2) is 0 Å². The smallest absolute Gasteiger partial charge is 0.250 e. The zero-order valence-electron chi connectivity index (χ0n) is 12.6. The van der Waals surface area contributed by atoms with Crippen molar-refractivity contribution in [3.63, 3.8) is 0 Å². The van der Waals surface area contributed by atoms with Crippen molar-refractivity contribution in [1.29, 1.82) is 0 Å². The van der Waals surface area contributed by atoms with E-state index in [1.54, 1.807) is 13.8 Å². The third-order valence-corrected chi connectivity index (χ3v) is 6.58. The number of alkyl halides is 2. The van der Waals surface area contributed by atoms with Crippen molar-refractivity contribution in [2.75, 3.05) is 32.7 Å². The number of hydrogen-bond acceptors (Lipinski definition) is 4. The van der Waals surface area contributed by atoms with Crippen LogP contribution in [0.4, 0.5) is 8.78 Å². The molecular weight excluding hydrogens is 302 g/mol. The molecule has 0 saturated carbocycles. The van der Waals surface area contributed by atoms with E-state index in [0.29, 0.717) is 13.0 Å². The number of hydrogen-bond donors (Lipinski definition) is 1. The van der Waals surface area contributed by atoms with Crippen LogP contribution in [0.25, 0.3) is 0 Å². The number of sulfonamides is 1. The molecule has 0 bridgehead atoms. The van der Waals surface area contributed by atoms with Gasteiger partial charge in [0, 0.05) is 45.6 Å². The van der Waals surface area contributed by atoms with Gasteiger partial charge in [-0.15, -0.1) is 0 Å². The Balaban J connectivity index is 1.93. The molecule has 0 radical (unpaired) electrons. The maximum absolute atomic E-state index is 13.1. The number of β-amino-alcohol motifs (C(OH)–C–C–N with tert-alkyl or cyclic N) is 1. The highest BCUT2D eigenvalue weighted by molar-refractivity contribution is 7.89. The first kappa shape index (κ1) is 17.1. The molecule has 2 fully saturated rings. The Kier molecular flexibility index (Phi) is 4.64. The Morgan fingerprint density at radius 2 is 1.71 bits per heavy atom. The van der Waals surface area contributed by atoms with E-state index in [1.165, 1.54) is 4.31 Å². The molecule has 2 aliphatic heterocycles. The molecule has 0 aromatic carbocycles. The minimum atomic E-state index is -3.37. The Labute approximate surface area is 125 Å². The highest BCUT2D eigenvalue weighted by atomic mass is 32.2. The predicted molar refractivity (Wildman–Crippen MR) is 75.8 cm³/mol. The molecule has 1 N–H and O–H groups in total. The van der Waals surface area contributed by atoms with Crippen molar-refractivity contribution >= 4 is 10.0 Å². The lowest BCUT2D eigenvalue weighted by atomic mass is 10.00. The summed E-state index contributed by atoms with van der Waals surface area (Å²) in [5.74, 6) is -2.61. The van der Waals surface area contributed by atoms with Crippen LogP contribution in [0.3, 0.4) is 0 Å². The van der Waals surface area contributed by atoms with E-state index in [4.69, 9.17) is 0 Å². The third kappa shape index (κ3) is 3.91. The Hall–Kier alpha value is -0.310. The van der Waals surface area contributed by atoms with Gasteiger partial charge in [0.05, 0.1) is 10.9 Å².